The maximum atomic E-state index is 10.1. The molecule has 0 aliphatic heterocycles. The first-order chi connectivity index (χ1) is 3.31. The molecule has 0 rings (SSSR count). The smallest absolute Gasteiger partial charge is 0.306 e. The van der Waals surface area contributed by atoms with Crippen LogP contribution in [-0.4, -0.2) is 19.6 Å². The van der Waals surface area contributed by atoms with E-state index in [2.05, 4.69) is 4.74 Å². The van der Waals surface area contributed by atoms with Gasteiger partial charge in [-0.25, -0.2) is 0 Å². The molecule has 0 aliphatic carbocycles. The summed E-state index contributed by atoms with van der Waals surface area (Å²) in [5.41, 5.74) is 6.54. The Morgan fingerprint density at radius 1 is 1.86 bits per heavy atom. The molecule has 0 amide bonds. The predicted molar refractivity (Wildman–Crippen MR) is 24.6 cm³/mol. The van der Waals surface area contributed by atoms with Crippen LogP contribution >= 0.6 is 0 Å². The fraction of sp³-hybridized carbons (Fsp3) is 0.750. The van der Waals surface area contributed by atoms with Crippen LogP contribution in [0.25, 0.3) is 0 Å². The molecule has 3 heteroatoms. The molecule has 41 valence electrons. The van der Waals surface area contributed by atoms with Crippen LogP contribution in [0.5, 0.6) is 0 Å². The summed E-state index contributed by atoms with van der Waals surface area (Å²) in [5, 5.41) is 0. The zero-order chi connectivity index (χ0) is 5.70. The average Bonchev–Trinajstić information content (AvgIpc) is 1.68. The largest absolute Gasteiger partial charge is 0.469 e. The van der Waals surface area contributed by atoms with Crippen molar-refractivity contribution in [3.05, 3.63) is 0 Å². The van der Waals surface area contributed by atoms with E-state index in [1.807, 2.05) is 0 Å². The second-order valence-corrected chi connectivity index (χ2v) is 1.08. The maximum Gasteiger partial charge on any atom is 0.306 e. The van der Waals surface area contributed by atoms with Gasteiger partial charge in [-0.15, -0.1) is 0 Å². The van der Waals surface area contributed by atoms with Crippen molar-refractivity contribution in [3.63, 3.8) is 0 Å². The minimum absolute atomic E-state index is 0.118. The zero-order valence-corrected chi connectivity index (χ0v) is 4.23. The normalized spacial score (nSPS) is 8.29. The number of rotatable bonds is 2. The summed E-state index contributed by atoms with van der Waals surface area (Å²) < 4.78 is 4.23. The van der Waals surface area contributed by atoms with Gasteiger partial charge in [0.25, 0.3) is 0 Å². The number of carbonyl (C=O) groups excluding carboxylic acids is 1. The third-order valence-corrected chi connectivity index (χ3v) is 0.557. The molecule has 1 radical (unpaired) electrons. The van der Waals surface area contributed by atoms with E-state index in [0.29, 0.717) is 0 Å². The molecule has 0 aromatic heterocycles. The van der Waals surface area contributed by atoms with Crippen LogP contribution in [-0.2, 0) is 9.53 Å². The van der Waals surface area contributed by atoms with Crippen molar-refractivity contribution >= 4 is 5.97 Å². The van der Waals surface area contributed by atoms with Gasteiger partial charge >= 0.3 is 5.97 Å². The van der Waals surface area contributed by atoms with E-state index in [1.165, 1.54) is 7.11 Å². The number of hydrogen-bond donors (Lipinski definition) is 0. The van der Waals surface area contributed by atoms with Gasteiger partial charge < -0.3 is 4.74 Å². The van der Waals surface area contributed by atoms with E-state index in [-0.39, 0.29) is 18.9 Å². The average molecular weight is 102 g/mol. The van der Waals surface area contributed by atoms with Crippen molar-refractivity contribution in [1.82, 2.24) is 5.73 Å². The molecule has 0 aliphatic rings. The minimum Gasteiger partial charge on any atom is -0.469 e. The van der Waals surface area contributed by atoms with E-state index in [4.69, 9.17) is 5.73 Å². The Morgan fingerprint density at radius 2 is 2.43 bits per heavy atom. The van der Waals surface area contributed by atoms with Crippen molar-refractivity contribution in [1.29, 1.82) is 0 Å². The maximum absolute atomic E-state index is 10.1. The first kappa shape index (κ1) is 6.43. The SMILES string of the molecule is COC(=O)CC[NH]. The summed E-state index contributed by atoms with van der Waals surface area (Å²) >= 11 is 0. The highest BCUT2D eigenvalue weighted by Crippen LogP contribution is 1.77. The molecule has 3 nitrogen and oxygen atoms in total. The second-order valence-electron chi connectivity index (χ2n) is 1.08. The minimum atomic E-state index is -0.310. The lowest BCUT2D eigenvalue weighted by molar-refractivity contribution is -0.140. The lowest BCUT2D eigenvalue weighted by Gasteiger charge is -1.90. The van der Waals surface area contributed by atoms with Gasteiger partial charge in [-0.2, -0.15) is 0 Å². The number of ether oxygens (including phenoxy) is 1. The molecular formula is C4H8NO2. The van der Waals surface area contributed by atoms with Crippen molar-refractivity contribution in [2.45, 2.75) is 6.42 Å². The molecule has 0 fully saturated rings. The third-order valence-electron chi connectivity index (χ3n) is 0.557. The number of esters is 1. The lowest BCUT2D eigenvalue weighted by Crippen LogP contribution is -2.02. The Hall–Kier alpha value is -0.570. The number of carbonyl (C=O) groups is 1. The van der Waals surface area contributed by atoms with Gasteiger partial charge in [-0.05, 0) is 0 Å². The van der Waals surface area contributed by atoms with Crippen LogP contribution in [0.2, 0.25) is 0 Å². The molecule has 0 bridgehead atoms. The summed E-state index contributed by atoms with van der Waals surface area (Å²) in [7, 11) is 1.32. The molecule has 0 aromatic carbocycles. The van der Waals surface area contributed by atoms with Gasteiger partial charge in [0.05, 0.1) is 13.5 Å². The molecule has 0 saturated heterocycles. The first-order valence-corrected chi connectivity index (χ1v) is 2.02. The Morgan fingerprint density at radius 3 is 2.57 bits per heavy atom. The quantitative estimate of drug-likeness (QED) is 0.454. The van der Waals surface area contributed by atoms with E-state index in [9.17, 15) is 4.79 Å². The highest BCUT2D eigenvalue weighted by molar-refractivity contribution is 5.69. The highest BCUT2D eigenvalue weighted by atomic mass is 16.5. The van der Waals surface area contributed by atoms with Crippen molar-refractivity contribution in [2.24, 2.45) is 0 Å². The van der Waals surface area contributed by atoms with E-state index < -0.39 is 0 Å². The zero-order valence-electron chi connectivity index (χ0n) is 4.23. The molecule has 0 saturated carbocycles. The number of nitrogens with one attached hydrogen (secondary N) is 1. The molecule has 0 atom stereocenters. The molecule has 7 heavy (non-hydrogen) atoms. The van der Waals surface area contributed by atoms with Crippen LogP contribution in [0, 0.1) is 0 Å². The van der Waals surface area contributed by atoms with Crippen LogP contribution in [0.1, 0.15) is 6.42 Å². The fourth-order valence-corrected chi connectivity index (χ4v) is 0.204. The number of methoxy groups -OCH3 is 1. The van der Waals surface area contributed by atoms with Crippen molar-refractivity contribution in [3.8, 4) is 0 Å². The standard InChI is InChI=1S/C4H8NO2/c1-7-4(6)2-3-5/h5H,2-3H2,1H3. The third kappa shape index (κ3) is 3.26. The van der Waals surface area contributed by atoms with Gasteiger partial charge in [0, 0.05) is 6.54 Å². The van der Waals surface area contributed by atoms with Crippen LogP contribution in [0.15, 0.2) is 0 Å². The van der Waals surface area contributed by atoms with Gasteiger partial charge in [-0.1, -0.05) is 0 Å². The Kier molecular flexibility index (Phi) is 3.32. The topological polar surface area (TPSA) is 50.1 Å². The predicted octanol–water partition coefficient (Wildman–Crippen LogP) is -0.168. The summed E-state index contributed by atoms with van der Waals surface area (Å²) in [6.07, 6.45) is 0.205. The first-order valence-electron chi connectivity index (χ1n) is 2.02. The molecular weight excluding hydrogens is 94.0 g/mol. The van der Waals surface area contributed by atoms with E-state index >= 15 is 0 Å². The molecule has 0 unspecified atom stereocenters. The highest BCUT2D eigenvalue weighted by Gasteiger charge is 1.93. The van der Waals surface area contributed by atoms with Gasteiger partial charge in [0.15, 0.2) is 0 Å². The second kappa shape index (κ2) is 3.61. The molecule has 1 N–H and O–H groups in total. The van der Waals surface area contributed by atoms with Crippen molar-refractivity contribution in [2.75, 3.05) is 13.7 Å². The number of hydrogen-bond acceptors (Lipinski definition) is 2. The Balaban J connectivity index is 3.00. The van der Waals surface area contributed by atoms with Crippen LogP contribution < -0.4 is 5.73 Å². The fourth-order valence-electron chi connectivity index (χ4n) is 0.204. The summed E-state index contributed by atoms with van der Waals surface area (Å²) in [6, 6.07) is 0. The van der Waals surface area contributed by atoms with Crippen molar-refractivity contribution < 1.29 is 9.53 Å². The summed E-state index contributed by atoms with van der Waals surface area (Å²) in [4.78, 5) is 10.1. The van der Waals surface area contributed by atoms with Crippen LogP contribution in [0.3, 0.4) is 0 Å². The Bertz CT molecular complexity index is 62.7. The lowest BCUT2D eigenvalue weighted by atomic mass is 10.4. The molecule has 0 heterocycles. The monoisotopic (exact) mass is 102 g/mol. The summed E-state index contributed by atoms with van der Waals surface area (Å²) in [6.45, 7) is 0.118. The van der Waals surface area contributed by atoms with Gasteiger partial charge in [0.2, 0.25) is 0 Å². The molecule has 0 aromatic rings. The van der Waals surface area contributed by atoms with Gasteiger partial charge in [0.1, 0.15) is 0 Å². The molecule has 0 spiro atoms. The Labute approximate surface area is 42.4 Å². The van der Waals surface area contributed by atoms with E-state index in [1.54, 1.807) is 0 Å². The van der Waals surface area contributed by atoms with Crippen LogP contribution in [0.4, 0.5) is 0 Å². The summed E-state index contributed by atoms with van der Waals surface area (Å²) in [5.74, 6) is -0.310. The van der Waals surface area contributed by atoms with Gasteiger partial charge in [-0.3, -0.25) is 10.5 Å². The van der Waals surface area contributed by atoms with E-state index in [0.717, 1.165) is 0 Å².